The lowest BCUT2D eigenvalue weighted by Gasteiger charge is -2.29. The third-order valence-corrected chi connectivity index (χ3v) is 4.63. The number of amides is 1. The van der Waals surface area contributed by atoms with Crippen LogP contribution in [0, 0.1) is 0 Å². The van der Waals surface area contributed by atoms with Crippen LogP contribution in [0.25, 0.3) is 5.65 Å². The fraction of sp³-hybridized carbons (Fsp3) is 0.412. The van der Waals surface area contributed by atoms with Crippen molar-refractivity contribution in [2.24, 2.45) is 7.05 Å². The predicted octanol–water partition coefficient (Wildman–Crippen LogP) is 2.67. The number of aromatic nitrogens is 5. The molecule has 1 N–H and O–H groups in total. The van der Waals surface area contributed by atoms with Gasteiger partial charge in [0.2, 0.25) is 0 Å². The van der Waals surface area contributed by atoms with Crippen LogP contribution in [0.3, 0.4) is 0 Å². The molecule has 4 rings (SSSR count). The third kappa shape index (κ3) is 3.74. The Hall–Kier alpha value is -3.18. The first-order chi connectivity index (χ1) is 13.7. The molecule has 1 fully saturated rings. The molecule has 1 aliphatic heterocycles. The van der Waals surface area contributed by atoms with Gasteiger partial charge in [0, 0.05) is 26.0 Å². The summed E-state index contributed by atoms with van der Waals surface area (Å²) in [5.41, 5.74) is -1.49. The highest BCUT2D eigenvalue weighted by atomic mass is 19.4. The monoisotopic (exact) mass is 411 g/mol. The Bertz CT molecular complexity index is 1060. The number of nitrogens with zero attached hydrogens (tertiary/aromatic N) is 6. The number of aryl methyl sites for hydroxylation is 1. The summed E-state index contributed by atoms with van der Waals surface area (Å²) in [5.74, 6) is -0.322. The molecular formula is C17H17F4N7O. The minimum atomic E-state index is -4.71. The summed E-state index contributed by atoms with van der Waals surface area (Å²) in [7, 11) is 1.32. The van der Waals surface area contributed by atoms with Gasteiger partial charge in [0.1, 0.15) is 17.6 Å². The van der Waals surface area contributed by atoms with Crippen LogP contribution >= 0.6 is 0 Å². The summed E-state index contributed by atoms with van der Waals surface area (Å²) in [4.78, 5) is 18.8. The quantitative estimate of drug-likeness (QED) is 0.671. The van der Waals surface area contributed by atoms with Crippen molar-refractivity contribution in [3.63, 3.8) is 0 Å². The second-order valence-corrected chi connectivity index (χ2v) is 6.81. The highest BCUT2D eigenvalue weighted by Crippen LogP contribution is 2.33. The zero-order valence-electron chi connectivity index (χ0n) is 15.3. The van der Waals surface area contributed by atoms with Gasteiger partial charge in [-0.2, -0.15) is 23.4 Å². The van der Waals surface area contributed by atoms with E-state index >= 15 is 0 Å². The maximum absolute atomic E-state index is 13.7. The van der Waals surface area contributed by atoms with Gasteiger partial charge in [0.15, 0.2) is 11.3 Å². The highest BCUT2D eigenvalue weighted by molar-refractivity contribution is 6.08. The number of hydrogen-bond donors (Lipinski definition) is 1. The lowest BCUT2D eigenvalue weighted by Crippen LogP contribution is -2.36. The molecule has 1 unspecified atom stereocenters. The standard InChI is InChI=1S/C17H17F4N7O/c1-26-9-12(14(25-26)17(19,20)21)23-16(29)11-7-22-28-6-4-13(24-15(11)28)27-5-2-3-10(18)8-27/h4,6-7,9-10H,2-3,5,8H2,1H3,(H,23,29). The molecule has 0 aromatic carbocycles. The number of carbonyl (C=O) groups excluding carboxylic acids is 1. The lowest BCUT2D eigenvalue weighted by molar-refractivity contribution is -0.140. The van der Waals surface area contributed by atoms with E-state index in [1.165, 1.54) is 17.8 Å². The van der Waals surface area contributed by atoms with Crippen molar-refractivity contribution in [3.05, 3.63) is 35.9 Å². The fourth-order valence-electron chi connectivity index (χ4n) is 3.31. The minimum Gasteiger partial charge on any atom is -0.354 e. The molecule has 8 nitrogen and oxygen atoms in total. The van der Waals surface area contributed by atoms with E-state index in [-0.39, 0.29) is 17.8 Å². The van der Waals surface area contributed by atoms with Gasteiger partial charge in [0.25, 0.3) is 5.91 Å². The number of hydrogen-bond acceptors (Lipinski definition) is 5. The first-order valence-electron chi connectivity index (χ1n) is 8.88. The van der Waals surface area contributed by atoms with E-state index in [1.807, 2.05) is 0 Å². The summed E-state index contributed by atoms with van der Waals surface area (Å²) in [5, 5.41) is 9.61. The first-order valence-corrected chi connectivity index (χ1v) is 8.88. The molecule has 1 atom stereocenters. The molecule has 0 aliphatic carbocycles. The van der Waals surface area contributed by atoms with Gasteiger partial charge in [-0.15, -0.1) is 0 Å². The number of nitrogens with one attached hydrogen (secondary N) is 1. The van der Waals surface area contributed by atoms with Crippen LogP contribution in [0.5, 0.6) is 0 Å². The van der Waals surface area contributed by atoms with Crippen LogP contribution < -0.4 is 10.2 Å². The van der Waals surface area contributed by atoms with Gasteiger partial charge in [-0.25, -0.2) is 13.9 Å². The molecule has 3 aromatic rings. The maximum Gasteiger partial charge on any atom is 0.437 e. The van der Waals surface area contributed by atoms with Crippen molar-refractivity contribution in [2.75, 3.05) is 23.3 Å². The number of carbonyl (C=O) groups is 1. The van der Waals surface area contributed by atoms with E-state index in [9.17, 15) is 22.4 Å². The molecule has 0 bridgehead atoms. The summed E-state index contributed by atoms with van der Waals surface area (Å²) >= 11 is 0. The summed E-state index contributed by atoms with van der Waals surface area (Å²) in [6.07, 6.45) is -0.636. The Labute approximate surface area is 162 Å². The van der Waals surface area contributed by atoms with Crippen molar-refractivity contribution >= 4 is 23.1 Å². The Morgan fingerprint density at radius 2 is 2.14 bits per heavy atom. The van der Waals surface area contributed by atoms with Crippen molar-refractivity contribution in [1.29, 1.82) is 0 Å². The Morgan fingerprint density at radius 1 is 1.34 bits per heavy atom. The normalized spacial score (nSPS) is 17.7. The smallest absolute Gasteiger partial charge is 0.354 e. The van der Waals surface area contributed by atoms with Gasteiger partial charge < -0.3 is 10.2 Å². The second kappa shape index (κ2) is 7.01. The van der Waals surface area contributed by atoms with E-state index in [1.54, 1.807) is 17.2 Å². The SMILES string of the molecule is Cn1cc(NC(=O)c2cnn3ccc(N4CCCC(F)C4)nc23)c(C(F)(F)F)n1. The number of piperidine rings is 1. The molecule has 29 heavy (non-hydrogen) atoms. The predicted molar refractivity (Wildman–Crippen MR) is 95.5 cm³/mol. The molecule has 3 aromatic heterocycles. The Kier molecular flexibility index (Phi) is 4.63. The summed E-state index contributed by atoms with van der Waals surface area (Å²) in [6.45, 7) is 0.827. The molecule has 4 heterocycles. The van der Waals surface area contributed by atoms with E-state index in [2.05, 4.69) is 20.5 Å². The van der Waals surface area contributed by atoms with Gasteiger partial charge in [-0.05, 0) is 18.9 Å². The van der Waals surface area contributed by atoms with Crippen molar-refractivity contribution in [3.8, 4) is 0 Å². The Balaban J connectivity index is 1.64. The van der Waals surface area contributed by atoms with Crippen LogP contribution in [-0.4, -0.2) is 49.5 Å². The molecule has 12 heteroatoms. The maximum atomic E-state index is 13.7. The molecule has 1 aliphatic rings. The zero-order valence-corrected chi connectivity index (χ0v) is 15.3. The van der Waals surface area contributed by atoms with E-state index in [0.717, 1.165) is 10.9 Å². The van der Waals surface area contributed by atoms with E-state index in [4.69, 9.17) is 0 Å². The summed E-state index contributed by atoms with van der Waals surface area (Å²) < 4.78 is 55.3. The molecule has 0 radical (unpaired) electrons. The largest absolute Gasteiger partial charge is 0.437 e. The Morgan fingerprint density at radius 3 is 2.86 bits per heavy atom. The number of anilines is 2. The molecule has 1 saturated heterocycles. The number of alkyl halides is 4. The van der Waals surface area contributed by atoms with Crippen LogP contribution in [0.4, 0.5) is 29.1 Å². The van der Waals surface area contributed by atoms with Crippen molar-refractivity contribution < 1.29 is 22.4 Å². The van der Waals surface area contributed by atoms with Crippen LogP contribution in [0.15, 0.2) is 24.7 Å². The van der Waals surface area contributed by atoms with Crippen LogP contribution in [0.2, 0.25) is 0 Å². The van der Waals surface area contributed by atoms with Crippen LogP contribution in [0.1, 0.15) is 28.9 Å². The van der Waals surface area contributed by atoms with Crippen LogP contribution in [-0.2, 0) is 13.2 Å². The van der Waals surface area contributed by atoms with E-state index in [0.29, 0.717) is 25.2 Å². The molecule has 0 saturated carbocycles. The zero-order chi connectivity index (χ0) is 20.8. The molecule has 154 valence electrons. The molecule has 0 spiro atoms. The van der Waals surface area contributed by atoms with Crippen molar-refractivity contribution in [2.45, 2.75) is 25.2 Å². The van der Waals surface area contributed by atoms with Gasteiger partial charge in [0.05, 0.1) is 18.4 Å². The second-order valence-electron chi connectivity index (χ2n) is 6.81. The average molecular weight is 411 g/mol. The summed E-state index contributed by atoms with van der Waals surface area (Å²) in [6, 6.07) is 1.66. The van der Waals surface area contributed by atoms with E-state index < -0.39 is 29.6 Å². The third-order valence-electron chi connectivity index (χ3n) is 4.63. The minimum absolute atomic E-state index is 0.00219. The molecule has 1 amide bonds. The van der Waals surface area contributed by atoms with Gasteiger partial charge in [-0.1, -0.05) is 0 Å². The number of fused-ring (bicyclic) bond motifs is 1. The number of rotatable bonds is 3. The topological polar surface area (TPSA) is 80.4 Å². The lowest BCUT2D eigenvalue weighted by atomic mass is 10.1. The van der Waals surface area contributed by atoms with Crippen molar-refractivity contribution in [1.82, 2.24) is 24.4 Å². The highest BCUT2D eigenvalue weighted by Gasteiger charge is 2.38. The first kappa shape index (κ1) is 19.2. The van der Waals surface area contributed by atoms with Gasteiger partial charge in [-0.3, -0.25) is 9.48 Å². The molecular weight excluding hydrogens is 394 g/mol. The average Bonchev–Trinajstić information content (AvgIpc) is 3.24. The fourth-order valence-corrected chi connectivity index (χ4v) is 3.31. The number of halogens is 4. The van der Waals surface area contributed by atoms with Gasteiger partial charge >= 0.3 is 6.18 Å².